The van der Waals surface area contributed by atoms with Crippen LogP contribution in [-0.4, -0.2) is 11.1 Å². The quantitative estimate of drug-likeness (QED) is 0.792. The van der Waals surface area contributed by atoms with Crippen LogP contribution in [0.15, 0.2) is 40.3 Å². The van der Waals surface area contributed by atoms with Gasteiger partial charge in [0.25, 0.3) is 0 Å². The van der Waals surface area contributed by atoms with Gasteiger partial charge in [0, 0.05) is 11.1 Å². The van der Waals surface area contributed by atoms with Crippen LogP contribution in [0.25, 0.3) is 11.1 Å². The fraction of sp³-hybridized carbons (Fsp3) is 0.133. The van der Waals surface area contributed by atoms with Crippen molar-refractivity contribution in [3.05, 3.63) is 52.2 Å². The number of aromatic hydroxyl groups is 1. The van der Waals surface area contributed by atoms with Crippen LogP contribution in [0.5, 0.6) is 5.75 Å². The molecular formula is C15H6F6N2O2. The Bertz CT molecular complexity index is 1010. The molecule has 0 aromatic heterocycles. The normalized spacial score (nSPS) is 14.1. The lowest BCUT2D eigenvalue weighted by molar-refractivity contribution is -0.137. The lowest BCUT2D eigenvalue weighted by Gasteiger charge is -2.15. The lowest BCUT2D eigenvalue weighted by Crippen LogP contribution is -2.28. The molecule has 0 aliphatic carbocycles. The Kier molecular flexibility index (Phi) is 3.59. The van der Waals surface area contributed by atoms with E-state index in [4.69, 9.17) is 0 Å². The zero-order chi connectivity index (χ0) is 18.6. The number of carbonyl (C=O) groups is 1. The molecule has 4 nitrogen and oxygen atoms in total. The number of phenols is 1. The van der Waals surface area contributed by atoms with Crippen LogP contribution in [0.4, 0.5) is 31.1 Å². The molecule has 0 saturated carbocycles. The number of halogens is 6. The van der Waals surface area contributed by atoms with Gasteiger partial charge in [-0.25, -0.2) is 4.79 Å². The number of alkyl halides is 6. The highest BCUT2D eigenvalue weighted by atomic mass is 19.4. The molecule has 0 fully saturated rings. The molecule has 25 heavy (non-hydrogen) atoms. The van der Waals surface area contributed by atoms with Crippen molar-refractivity contribution in [1.82, 2.24) is 0 Å². The van der Waals surface area contributed by atoms with Crippen LogP contribution >= 0.6 is 0 Å². The highest BCUT2D eigenvalue weighted by molar-refractivity contribution is 5.81. The topological polar surface area (TPSA) is 62.0 Å². The summed E-state index contributed by atoms with van der Waals surface area (Å²) < 4.78 is 78.6. The standard InChI is InChI=1S/C15H6F6N2O2/c16-14(17,18)6-1-4-10(24)7(5-6)11-8(15(19,20)21)2-3-9-12(11)23-13(25)22-9/h1-5,24H. The van der Waals surface area contributed by atoms with Gasteiger partial charge < -0.3 is 5.11 Å². The number of carbonyl (C=O) groups excluding carboxylic acids is 1. The van der Waals surface area contributed by atoms with Gasteiger partial charge in [-0.1, -0.05) is 0 Å². The molecule has 1 N–H and O–H groups in total. The molecular weight excluding hydrogens is 354 g/mol. The fourth-order valence-electron chi connectivity index (χ4n) is 2.43. The van der Waals surface area contributed by atoms with Gasteiger partial charge in [0.05, 0.1) is 16.5 Å². The highest BCUT2D eigenvalue weighted by Crippen LogP contribution is 2.40. The van der Waals surface area contributed by atoms with Crippen LogP contribution in [0, 0.1) is 0 Å². The van der Waals surface area contributed by atoms with E-state index in [1.807, 2.05) is 0 Å². The van der Waals surface area contributed by atoms with E-state index in [2.05, 4.69) is 9.98 Å². The van der Waals surface area contributed by atoms with Crippen molar-refractivity contribution >= 4 is 6.03 Å². The van der Waals surface area contributed by atoms with Gasteiger partial charge >= 0.3 is 18.4 Å². The summed E-state index contributed by atoms with van der Waals surface area (Å²) in [5, 5.41) is 9.10. The number of amides is 2. The maximum absolute atomic E-state index is 13.3. The van der Waals surface area contributed by atoms with Crippen molar-refractivity contribution in [3.63, 3.8) is 0 Å². The van der Waals surface area contributed by atoms with Crippen molar-refractivity contribution in [2.75, 3.05) is 0 Å². The first-order valence-electron chi connectivity index (χ1n) is 6.60. The molecule has 1 heterocycles. The zero-order valence-electron chi connectivity index (χ0n) is 11.9. The summed E-state index contributed by atoms with van der Waals surface area (Å²) in [6, 6.07) is 1.92. The van der Waals surface area contributed by atoms with E-state index in [1.54, 1.807) is 0 Å². The summed E-state index contributed by atoms with van der Waals surface area (Å²) in [5.41, 5.74) is -4.17. The van der Waals surface area contributed by atoms with Crippen molar-refractivity contribution in [2.45, 2.75) is 12.4 Å². The summed E-state index contributed by atoms with van der Waals surface area (Å²) in [5.74, 6) is -0.818. The molecule has 10 heteroatoms. The van der Waals surface area contributed by atoms with Crippen molar-refractivity contribution < 1.29 is 36.2 Å². The second-order valence-electron chi connectivity index (χ2n) is 5.09. The molecule has 2 aromatic rings. The lowest BCUT2D eigenvalue weighted by atomic mass is 9.95. The summed E-state index contributed by atoms with van der Waals surface area (Å²) in [6.45, 7) is 0. The van der Waals surface area contributed by atoms with E-state index < -0.39 is 51.7 Å². The molecule has 0 radical (unpaired) electrons. The third-order valence-corrected chi connectivity index (χ3v) is 3.48. The van der Waals surface area contributed by atoms with Gasteiger partial charge in [0.1, 0.15) is 11.1 Å². The maximum Gasteiger partial charge on any atom is 0.417 e. The Morgan fingerprint density at radius 3 is 2.16 bits per heavy atom. The third kappa shape index (κ3) is 2.94. The Labute approximate surface area is 134 Å². The predicted molar refractivity (Wildman–Crippen MR) is 71.3 cm³/mol. The molecule has 0 saturated heterocycles. The third-order valence-electron chi connectivity index (χ3n) is 3.48. The first-order chi connectivity index (χ1) is 11.5. The minimum atomic E-state index is -4.95. The fourth-order valence-corrected chi connectivity index (χ4v) is 2.43. The summed E-state index contributed by atoms with van der Waals surface area (Å²) in [6.07, 6.45) is -9.79. The number of hydrogen-bond donors (Lipinski definition) is 1. The predicted octanol–water partition coefficient (Wildman–Crippen LogP) is 3.47. The van der Waals surface area contributed by atoms with Gasteiger partial charge in [-0.15, -0.1) is 0 Å². The maximum atomic E-state index is 13.3. The van der Waals surface area contributed by atoms with Crippen molar-refractivity contribution in [1.29, 1.82) is 0 Å². The second kappa shape index (κ2) is 5.30. The molecule has 2 aromatic carbocycles. The molecule has 0 atom stereocenters. The first-order valence-corrected chi connectivity index (χ1v) is 6.60. The van der Waals surface area contributed by atoms with Gasteiger partial charge in [0.2, 0.25) is 0 Å². The smallest absolute Gasteiger partial charge is 0.417 e. The van der Waals surface area contributed by atoms with Gasteiger partial charge in [-0.2, -0.15) is 36.3 Å². The number of nitrogens with zero attached hydrogens (tertiary/aromatic N) is 2. The van der Waals surface area contributed by atoms with Crippen molar-refractivity contribution in [2.24, 2.45) is 9.98 Å². The van der Waals surface area contributed by atoms with Crippen LogP contribution < -0.4 is 10.7 Å². The number of fused-ring (bicyclic) bond motifs is 1. The van der Waals surface area contributed by atoms with Gasteiger partial charge in [-0.3, -0.25) is 0 Å². The summed E-state index contributed by atoms with van der Waals surface area (Å²) in [4.78, 5) is 18.0. The Balaban J connectivity index is 2.44. The summed E-state index contributed by atoms with van der Waals surface area (Å²) >= 11 is 0. The Morgan fingerprint density at radius 1 is 0.880 bits per heavy atom. The SMILES string of the molecule is O=C1N=c2ccc(C(F)(F)F)c(-c3cc(C(F)(F)F)ccc3O)c2=N1. The minimum Gasteiger partial charge on any atom is -0.507 e. The Hall–Kier alpha value is -2.91. The molecule has 3 rings (SSSR count). The number of phenolic OH excluding ortho intramolecular Hbond substituents is 1. The van der Waals surface area contributed by atoms with E-state index in [-0.39, 0.29) is 5.36 Å². The second-order valence-corrected chi connectivity index (χ2v) is 5.09. The monoisotopic (exact) mass is 360 g/mol. The number of urea groups is 1. The summed E-state index contributed by atoms with van der Waals surface area (Å²) in [7, 11) is 0. The number of benzene rings is 2. The highest BCUT2D eigenvalue weighted by Gasteiger charge is 2.37. The van der Waals surface area contributed by atoms with E-state index >= 15 is 0 Å². The van der Waals surface area contributed by atoms with E-state index in [1.165, 1.54) is 0 Å². The molecule has 130 valence electrons. The molecule has 1 aliphatic rings. The van der Waals surface area contributed by atoms with Crippen LogP contribution in [0.2, 0.25) is 0 Å². The van der Waals surface area contributed by atoms with E-state index in [0.29, 0.717) is 24.3 Å². The van der Waals surface area contributed by atoms with Crippen molar-refractivity contribution in [3.8, 4) is 16.9 Å². The average molecular weight is 360 g/mol. The van der Waals surface area contributed by atoms with E-state index in [9.17, 15) is 36.2 Å². The molecule has 0 unspecified atom stereocenters. The zero-order valence-corrected chi connectivity index (χ0v) is 11.9. The largest absolute Gasteiger partial charge is 0.507 e. The minimum absolute atomic E-state index is 0.218. The van der Waals surface area contributed by atoms with Crippen LogP contribution in [0.3, 0.4) is 0 Å². The molecule has 1 aliphatic heterocycles. The van der Waals surface area contributed by atoms with Gasteiger partial charge in [0.15, 0.2) is 0 Å². The van der Waals surface area contributed by atoms with Crippen LogP contribution in [-0.2, 0) is 12.4 Å². The average Bonchev–Trinajstić information content (AvgIpc) is 2.85. The molecule has 0 spiro atoms. The van der Waals surface area contributed by atoms with Crippen LogP contribution in [0.1, 0.15) is 11.1 Å². The molecule has 0 bridgehead atoms. The first kappa shape index (κ1) is 16.9. The number of rotatable bonds is 1. The molecule has 2 amide bonds. The van der Waals surface area contributed by atoms with E-state index in [0.717, 1.165) is 6.07 Å². The number of hydrogen-bond acceptors (Lipinski definition) is 2. The Morgan fingerprint density at radius 2 is 1.56 bits per heavy atom. The van der Waals surface area contributed by atoms with Gasteiger partial charge in [-0.05, 0) is 30.3 Å².